The maximum atomic E-state index is 13.0. The minimum Gasteiger partial charge on any atom is -0.349 e. The van der Waals surface area contributed by atoms with E-state index < -0.39 is 0 Å². The molecule has 21 heavy (non-hydrogen) atoms. The number of nitrogens with one attached hydrogen (secondary N) is 2. The lowest BCUT2D eigenvalue weighted by molar-refractivity contribution is 0.0943. The van der Waals surface area contributed by atoms with Crippen LogP contribution in [0.4, 0.5) is 4.39 Å². The second-order valence-corrected chi connectivity index (χ2v) is 5.13. The Hall–Kier alpha value is -2.21. The third kappa shape index (κ3) is 3.11. The van der Waals surface area contributed by atoms with Crippen LogP contribution in [0, 0.1) is 5.82 Å². The quantitative estimate of drug-likeness (QED) is 0.896. The predicted octanol–water partition coefficient (Wildman–Crippen LogP) is 1.49. The summed E-state index contributed by atoms with van der Waals surface area (Å²) in [6.07, 6.45) is 5.29. The molecule has 1 aromatic heterocycles. The van der Waals surface area contributed by atoms with E-state index in [9.17, 15) is 9.18 Å². The van der Waals surface area contributed by atoms with Gasteiger partial charge in [-0.1, -0.05) is 0 Å². The van der Waals surface area contributed by atoms with Crippen LogP contribution in [0.1, 0.15) is 23.3 Å². The largest absolute Gasteiger partial charge is 0.349 e. The zero-order chi connectivity index (χ0) is 14.7. The molecule has 0 radical (unpaired) electrons. The SMILES string of the molecule is O=C(NCC1CCCN1)c1cncn1-c1ccc(F)cc1. The molecular formula is C15H17FN4O. The Morgan fingerprint density at radius 3 is 2.95 bits per heavy atom. The van der Waals surface area contributed by atoms with Gasteiger partial charge >= 0.3 is 0 Å². The van der Waals surface area contributed by atoms with E-state index >= 15 is 0 Å². The minimum atomic E-state index is -0.308. The fraction of sp³-hybridized carbons (Fsp3) is 0.333. The number of amides is 1. The molecule has 5 nitrogen and oxygen atoms in total. The van der Waals surface area contributed by atoms with Crippen molar-refractivity contribution in [1.82, 2.24) is 20.2 Å². The highest BCUT2D eigenvalue weighted by Crippen LogP contribution is 2.12. The second kappa shape index (κ2) is 6.05. The summed E-state index contributed by atoms with van der Waals surface area (Å²) < 4.78 is 14.6. The lowest BCUT2D eigenvalue weighted by Gasteiger charge is -2.12. The summed E-state index contributed by atoms with van der Waals surface area (Å²) in [6.45, 7) is 1.61. The summed E-state index contributed by atoms with van der Waals surface area (Å²) in [5.74, 6) is -0.484. The molecule has 1 aliphatic heterocycles. The van der Waals surface area contributed by atoms with E-state index in [4.69, 9.17) is 0 Å². The fourth-order valence-electron chi connectivity index (χ4n) is 2.51. The highest BCUT2D eigenvalue weighted by Gasteiger charge is 2.17. The van der Waals surface area contributed by atoms with Gasteiger partial charge in [0.1, 0.15) is 11.5 Å². The van der Waals surface area contributed by atoms with Crippen LogP contribution in [-0.4, -0.2) is 34.6 Å². The zero-order valence-corrected chi connectivity index (χ0v) is 11.6. The Kier molecular flexibility index (Phi) is 3.96. The highest BCUT2D eigenvalue weighted by atomic mass is 19.1. The first-order valence-electron chi connectivity index (χ1n) is 7.04. The Labute approximate surface area is 122 Å². The second-order valence-electron chi connectivity index (χ2n) is 5.13. The Bertz CT molecular complexity index is 617. The molecule has 1 unspecified atom stereocenters. The van der Waals surface area contributed by atoms with Crippen LogP contribution >= 0.6 is 0 Å². The van der Waals surface area contributed by atoms with E-state index in [2.05, 4.69) is 15.6 Å². The number of nitrogens with zero attached hydrogens (tertiary/aromatic N) is 2. The Morgan fingerprint density at radius 1 is 1.43 bits per heavy atom. The molecule has 0 spiro atoms. The normalized spacial score (nSPS) is 17.9. The minimum absolute atomic E-state index is 0.175. The predicted molar refractivity (Wildman–Crippen MR) is 76.9 cm³/mol. The van der Waals surface area contributed by atoms with Crippen molar-refractivity contribution in [2.24, 2.45) is 0 Å². The first kappa shape index (κ1) is 13.8. The van der Waals surface area contributed by atoms with Crippen LogP contribution in [0.15, 0.2) is 36.8 Å². The molecule has 2 heterocycles. The molecule has 0 bridgehead atoms. The molecule has 110 valence electrons. The van der Waals surface area contributed by atoms with Crippen molar-refractivity contribution in [1.29, 1.82) is 0 Å². The van der Waals surface area contributed by atoms with Gasteiger partial charge in [-0.3, -0.25) is 9.36 Å². The average Bonchev–Trinajstić information content (AvgIpc) is 3.17. The molecule has 6 heteroatoms. The smallest absolute Gasteiger partial charge is 0.269 e. The Balaban J connectivity index is 1.72. The summed E-state index contributed by atoms with van der Waals surface area (Å²) in [5.41, 5.74) is 1.15. The molecule has 2 N–H and O–H groups in total. The van der Waals surface area contributed by atoms with Crippen molar-refractivity contribution >= 4 is 5.91 Å². The van der Waals surface area contributed by atoms with E-state index in [-0.39, 0.29) is 11.7 Å². The number of halogens is 1. The number of benzene rings is 1. The van der Waals surface area contributed by atoms with Gasteiger partial charge in [-0.05, 0) is 43.7 Å². The summed E-state index contributed by atoms with van der Waals surface area (Å²) in [7, 11) is 0. The average molecular weight is 288 g/mol. The zero-order valence-electron chi connectivity index (χ0n) is 11.6. The van der Waals surface area contributed by atoms with Crippen molar-refractivity contribution in [2.45, 2.75) is 18.9 Å². The van der Waals surface area contributed by atoms with E-state index in [1.807, 2.05) is 0 Å². The van der Waals surface area contributed by atoms with E-state index in [0.29, 0.717) is 24.0 Å². The van der Waals surface area contributed by atoms with Gasteiger partial charge in [0, 0.05) is 18.3 Å². The van der Waals surface area contributed by atoms with Crippen LogP contribution in [0.25, 0.3) is 5.69 Å². The number of imidazole rings is 1. The molecule has 1 fully saturated rings. The summed E-state index contributed by atoms with van der Waals surface area (Å²) >= 11 is 0. The van der Waals surface area contributed by atoms with Crippen molar-refractivity contribution in [3.63, 3.8) is 0 Å². The summed E-state index contributed by atoms with van der Waals surface area (Å²) in [6, 6.07) is 6.30. The standard InChI is InChI=1S/C15H17FN4O/c16-11-3-5-13(6-4-11)20-10-17-9-14(20)15(21)19-8-12-2-1-7-18-12/h3-6,9-10,12,18H,1-2,7-8H2,(H,19,21). The molecule has 2 aromatic rings. The number of rotatable bonds is 4. The van der Waals surface area contributed by atoms with Crippen LogP contribution in [0.2, 0.25) is 0 Å². The summed E-state index contributed by atoms with van der Waals surface area (Å²) in [4.78, 5) is 16.3. The van der Waals surface area contributed by atoms with Gasteiger partial charge in [-0.2, -0.15) is 0 Å². The first-order chi connectivity index (χ1) is 10.2. The molecule has 0 saturated carbocycles. The molecule has 1 saturated heterocycles. The molecule has 3 rings (SSSR count). The lowest BCUT2D eigenvalue weighted by Crippen LogP contribution is -2.37. The third-order valence-electron chi connectivity index (χ3n) is 3.65. The first-order valence-corrected chi connectivity index (χ1v) is 7.04. The Morgan fingerprint density at radius 2 is 2.24 bits per heavy atom. The van der Waals surface area contributed by atoms with Crippen LogP contribution in [0.3, 0.4) is 0 Å². The summed E-state index contributed by atoms with van der Waals surface area (Å²) in [5, 5.41) is 6.24. The number of hydrogen-bond donors (Lipinski definition) is 2. The van der Waals surface area contributed by atoms with Crippen LogP contribution in [0.5, 0.6) is 0 Å². The van der Waals surface area contributed by atoms with E-state index in [1.54, 1.807) is 23.0 Å². The van der Waals surface area contributed by atoms with E-state index in [0.717, 1.165) is 19.4 Å². The van der Waals surface area contributed by atoms with Gasteiger partial charge in [-0.25, -0.2) is 9.37 Å². The number of carbonyl (C=O) groups excluding carboxylic acids is 1. The van der Waals surface area contributed by atoms with Gasteiger partial charge in [0.2, 0.25) is 0 Å². The molecule has 1 amide bonds. The maximum Gasteiger partial charge on any atom is 0.269 e. The number of carbonyl (C=O) groups is 1. The lowest BCUT2D eigenvalue weighted by atomic mass is 10.2. The molecule has 1 atom stereocenters. The molecule has 1 aromatic carbocycles. The number of hydrogen-bond acceptors (Lipinski definition) is 3. The van der Waals surface area contributed by atoms with Crippen LogP contribution < -0.4 is 10.6 Å². The number of aromatic nitrogens is 2. The van der Waals surface area contributed by atoms with Crippen LogP contribution in [-0.2, 0) is 0 Å². The van der Waals surface area contributed by atoms with Gasteiger partial charge in [0.25, 0.3) is 5.91 Å². The third-order valence-corrected chi connectivity index (χ3v) is 3.65. The van der Waals surface area contributed by atoms with Crippen molar-refractivity contribution in [3.05, 3.63) is 48.3 Å². The van der Waals surface area contributed by atoms with Crippen molar-refractivity contribution in [2.75, 3.05) is 13.1 Å². The van der Waals surface area contributed by atoms with Gasteiger partial charge in [-0.15, -0.1) is 0 Å². The van der Waals surface area contributed by atoms with E-state index in [1.165, 1.54) is 18.3 Å². The maximum absolute atomic E-state index is 13.0. The molecule has 0 aliphatic carbocycles. The topological polar surface area (TPSA) is 59.0 Å². The monoisotopic (exact) mass is 288 g/mol. The molecular weight excluding hydrogens is 271 g/mol. The van der Waals surface area contributed by atoms with Crippen molar-refractivity contribution in [3.8, 4) is 5.69 Å². The highest BCUT2D eigenvalue weighted by molar-refractivity contribution is 5.93. The van der Waals surface area contributed by atoms with Gasteiger partial charge in [0.05, 0.1) is 12.5 Å². The fourth-order valence-corrected chi connectivity index (χ4v) is 2.51. The van der Waals surface area contributed by atoms with Gasteiger partial charge < -0.3 is 10.6 Å². The molecule has 1 aliphatic rings. The van der Waals surface area contributed by atoms with Gasteiger partial charge in [0.15, 0.2) is 0 Å². The van der Waals surface area contributed by atoms with Crippen molar-refractivity contribution < 1.29 is 9.18 Å².